The highest BCUT2D eigenvalue weighted by molar-refractivity contribution is 5.83. The highest BCUT2D eigenvalue weighted by atomic mass is 19.4. The van der Waals surface area contributed by atoms with Crippen molar-refractivity contribution in [1.29, 1.82) is 0 Å². The number of carbonyl (C=O) groups is 1. The van der Waals surface area contributed by atoms with E-state index in [-0.39, 0.29) is 17.9 Å². The van der Waals surface area contributed by atoms with E-state index < -0.39 is 23.8 Å². The number of likely N-dealkylation sites (N-methyl/N-ethyl adjacent to an activating group) is 1. The molecule has 0 fully saturated rings. The summed E-state index contributed by atoms with van der Waals surface area (Å²) < 4.78 is 39.9. The van der Waals surface area contributed by atoms with Gasteiger partial charge in [0, 0.05) is 13.5 Å². The standard InChI is InChI=1S/C21H18F3N3O2/c1-12-19(28)26(2)17(11-13-7-9-14(10-8-13)21(22,23)24)18-25-16-6-4-3-5-15(16)20(29)27(12)18/h3-10,12,17H,11H2,1-2H3/t12-,17+/m0/s1. The van der Waals surface area contributed by atoms with E-state index in [0.29, 0.717) is 22.3 Å². The van der Waals surface area contributed by atoms with Crippen LogP contribution in [0.1, 0.15) is 36.0 Å². The van der Waals surface area contributed by atoms with E-state index in [0.717, 1.165) is 12.1 Å². The highest BCUT2D eigenvalue weighted by Gasteiger charge is 2.37. The van der Waals surface area contributed by atoms with Crippen molar-refractivity contribution >= 4 is 16.8 Å². The number of fused-ring (bicyclic) bond motifs is 2. The molecule has 150 valence electrons. The zero-order valence-electron chi connectivity index (χ0n) is 15.8. The summed E-state index contributed by atoms with van der Waals surface area (Å²) >= 11 is 0. The average molecular weight is 401 g/mol. The summed E-state index contributed by atoms with van der Waals surface area (Å²) in [7, 11) is 1.62. The molecule has 0 spiro atoms. The predicted molar refractivity (Wildman–Crippen MR) is 101 cm³/mol. The van der Waals surface area contributed by atoms with Crippen LogP contribution in [0.15, 0.2) is 53.3 Å². The minimum Gasteiger partial charge on any atom is -0.333 e. The summed E-state index contributed by atoms with van der Waals surface area (Å²) in [5.41, 5.74) is 0.114. The summed E-state index contributed by atoms with van der Waals surface area (Å²) in [5.74, 6) is 0.191. The van der Waals surface area contributed by atoms with Gasteiger partial charge in [-0.2, -0.15) is 13.2 Å². The molecule has 5 nitrogen and oxygen atoms in total. The summed E-state index contributed by atoms with van der Waals surface area (Å²) in [6.07, 6.45) is -4.16. The lowest BCUT2D eigenvalue weighted by atomic mass is 9.99. The zero-order chi connectivity index (χ0) is 20.9. The number of rotatable bonds is 2. The minimum atomic E-state index is -4.41. The van der Waals surface area contributed by atoms with Crippen molar-refractivity contribution in [3.8, 4) is 0 Å². The van der Waals surface area contributed by atoms with E-state index in [1.165, 1.54) is 21.6 Å². The molecule has 8 heteroatoms. The molecular formula is C21H18F3N3O2. The molecule has 2 heterocycles. The van der Waals surface area contributed by atoms with Crippen LogP contribution < -0.4 is 5.56 Å². The van der Waals surface area contributed by atoms with Crippen LogP contribution in [-0.4, -0.2) is 27.4 Å². The number of para-hydroxylation sites is 1. The first-order valence-electron chi connectivity index (χ1n) is 9.12. The monoisotopic (exact) mass is 401 g/mol. The molecule has 29 heavy (non-hydrogen) atoms. The summed E-state index contributed by atoms with van der Waals surface area (Å²) in [4.78, 5) is 31.9. The number of alkyl halides is 3. The lowest BCUT2D eigenvalue weighted by Crippen LogP contribution is -2.48. The van der Waals surface area contributed by atoms with Crippen molar-refractivity contribution in [2.24, 2.45) is 0 Å². The molecule has 0 aliphatic carbocycles. The van der Waals surface area contributed by atoms with Crippen molar-refractivity contribution in [2.45, 2.75) is 31.6 Å². The summed E-state index contributed by atoms with van der Waals surface area (Å²) in [6.45, 7) is 1.65. The molecule has 0 radical (unpaired) electrons. The Morgan fingerprint density at radius 2 is 1.69 bits per heavy atom. The smallest absolute Gasteiger partial charge is 0.333 e. The highest BCUT2D eigenvalue weighted by Crippen LogP contribution is 2.33. The van der Waals surface area contributed by atoms with Crippen molar-refractivity contribution in [2.75, 3.05) is 7.05 Å². The van der Waals surface area contributed by atoms with Crippen molar-refractivity contribution in [3.63, 3.8) is 0 Å². The number of amides is 1. The second kappa shape index (κ2) is 6.72. The fourth-order valence-electron chi connectivity index (χ4n) is 3.79. The van der Waals surface area contributed by atoms with Gasteiger partial charge >= 0.3 is 6.18 Å². The van der Waals surface area contributed by atoms with Gasteiger partial charge in [0.2, 0.25) is 5.91 Å². The van der Waals surface area contributed by atoms with E-state index in [2.05, 4.69) is 4.98 Å². The number of hydrogen-bond acceptors (Lipinski definition) is 3. The van der Waals surface area contributed by atoms with E-state index in [9.17, 15) is 22.8 Å². The maximum Gasteiger partial charge on any atom is 0.416 e. The Morgan fingerprint density at radius 1 is 1.03 bits per heavy atom. The topological polar surface area (TPSA) is 55.2 Å². The van der Waals surface area contributed by atoms with E-state index in [1.807, 2.05) is 0 Å². The molecule has 1 amide bonds. The lowest BCUT2D eigenvalue weighted by molar-refractivity contribution is -0.138. The summed E-state index contributed by atoms with van der Waals surface area (Å²) in [6, 6.07) is 10.5. The van der Waals surface area contributed by atoms with E-state index in [1.54, 1.807) is 38.2 Å². The van der Waals surface area contributed by atoms with Crippen LogP contribution in [0, 0.1) is 0 Å². The Kier molecular flexibility index (Phi) is 4.44. The van der Waals surface area contributed by atoms with Crippen molar-refractivity contribution in [1.82, 2.24) is 14.5 Å². The van der Waals surface area contributed by atoms with E-state index >= 15 is 0 Å². The number of nitrogens with zero attached hydrogens (tertiary/aromatic N) is 3. The van der Waals surface area contributed by atoms with Crippen LogP contribution in [0.3, 0.4) is 0 Å². The van der Waals surface area contributed by atoms with Crippen LogP contribution in [0.4, 0.5) is 13.2 Å². The molecule has 1 aliphatic heterocycles. The largest absolute Gasteiger partial charge is 0.416 e. The summed E-state index contributed by atoms with van der Waals surface area (Å²) in [5, 5.41) is 0.425. The van der Waals surface area contributed by atoms with Gasteiger partial charge in [-0.1, -0.05) is 24.3 Å². The molecule has 2 aromatic carbocycles. The van der Waals surface area contributed by atoms with Crippen LogP contribution >= 0.6 is 0 Å². The molecule has 4 rings (SSSR count). The molecule has 0 saturated heterocycles. The van der Waals surface area contributed by atoms with Gasteiger partial charge in [0.1, 0.15) is 11.9 Å². The first kappa shape index (κ1) is 19.2. The number of benzene rings is 2. The van der Waals surface area contributed by atoms with Gasteiger partial charge in [-0.15, -0.1) is 0 Å². The van der Waals surface area contributed by atoms with Gasteiger partial charge in [0.25, 0.3) is 5.56 Å². The lowest BCUT2D eigenvalue weighted by Gasteiger charge is -2.37. The fraction of sp³-hybridized carbons (Fsp3) is 0.286. The van der Waals surface area contributed by atoms with Gasteiger partial charge in [-0.25, -0.2) is 4.98 Å². The fourth-order valence-corrected chi connectivity index (χ4v) is 3.79. The zero-order valence-corrected chi connectivity index (χ0v) is 15.8. The van der Waals surface area contributed by atoms with Crippen LogP contribution in [0.25, 0.3) is 10.9 Å². The molecule has 1 aromatic heterocycles. The third kappa shape index (κ3) is 3.18. The average Bonchev–Trinajstić information content (AvgIpc) is 2.69. The Hall–Kier alpha value is -3.16. The Balaban J connectivity index is 1.81. The molecular weight excluding hydrogens is 383 g/mol. The molecule has 0 N–H and O–H groups in total. The number of hydrogen-bond donors (Lipinski definition) is 0. The Bertz CT molecular complexity index is 1150. The number of carbonyl (C=O) groups excluding carboxylic acids is 1. The molecule has 0 bridgehead atoms. The first-order valence-corrected chi connectivity index (χ1v) is 9.12. The van der Waals surface area contributed by atoms with E-state index in [4.69, 9.17) is 0 Å². The third-order valence-electron chi connectivity index (χ3n) is 5.40. The Labute approximate surface area is 164 Å². The van der Waals surface area contributed by atoms with Crippen LogP contribution in [-0.2, 0) is 17.4 Å². The predicted octanol–water partition coefficient (Wildman–Crippen LogP) is 3.73. The number of aromatic nitrogens is 2. The molecule has 0 unspecified atom stereocenters. The number of halogens is 3. The molecule has 1 aliphatic rings. The van der Waals surface area contributed by atoms with Gasteiger partial charge in [-0.3, -0.25) is 14.2 Å². The van der Waals surface area contributed by atoms with Crippen LogP contribution in [0.5, 0.6) is 0 Å². The SMILES string of the molecule is C[C@H]1C(=O)N(C)[C@H](Cc2ccc(C(F)(F)F)cc2)c2nc3ccccc3c(=O)n21. The molecule has 3 aromatic rings. The first-order chi connectivity index (χ1) is 13.7. The maximum absolute atomic E-state index is 13.0. The second-order valence-electron chi connectivity index (χ2n) is 7.20. The van der Waals surface area contributed by atoms with Gasteiger partial charge < -0.3 is 4.90 Å². The quantitative estimate of drug-likeness (QED) is 0.658. The second-order valence-corrected chi connectivity index (χ2v) is 7.20. The van der Waals surface area contributed by atoms with Crippen molar-refractivity contribution < 1.29 is 18.0 Å². The van der Waals surface area contributed by atoms with Gasteiger partial charge in [0.05, 0.1) is 22.5 Å². The molecule has 2 atom stereocenters. The molecule has 0 saturated carbocycles. The maximum atomic E-state index is 13.0. The Morgan fingerprint density at radius 3 is 2.34 bits per heavy atom. The van der Waals surface area contributed by atoms with Crippen molar-refractivity contribution in [3.05, 3.63) is 75.8 Å². The van der Waals surface area contributed by atoms with Gasteiger partial charge in [-0.05, 0) is 36.8 Å². The minimum absolute atomic E-state index is 0.242. The van der Waals surface area contributed by atoms with Crippen LogP contribution in [0.2, 0.25) is 0 Å². The normalized spacial score (nSPS) is 19.5. The third-order valence-corrected chi connectivity index (χ3v) is 5.40. The van der Waals surface area contributed by atoms with Gasteiger partial charge in [0.15, 0.2) is 0 Å².